The van der Waals surface area contributed by atoms with Crippen LogP contribution >= 0.6 is 0 Å². The minimum absolute atomic E-state index is 0.118. The fraction of sp³-hybridized carbons (Fsp3) is 0.400. The number of aromatic nitrogens is 2. The van der Waals surface area contributed by atoms with Gasteiger partial charge in [-0.05, 0) is 84.0 Å². The first-order valence-corrected chi connectivity index (χ1v) is 13.2. The highest BCUT2D eigenvalue weighted by molar-refractivity contribution is 5.83. The monoisotopic (exact) mass is 560 g/mol. The van der Waals surface area contributed by atoms with Gasteiger partial charge in [-0.3, -0.25) is 0 Å². The molecule has 0 spiro atoms. The summed E-state index contributed by atoms with van der Waals surface area (Å²) in [7, 11) is 0. The predicted octanol–water partition coefficient (Wildman–Crippen LogP) is 5.92. The van der Waals surface area contributed by atoms with Crippen LogP contribution in [-0.2, 0) is 19.7 Å². The van der Waals surface area contributed by atoms with Gasteiger partial charge in [-0.1, -0.05) is 5.16 Å². The predicted molar refractivity (Wildman–Crippen MR) is 148 cm³/mol. The van der Waals surface area contributed by atoms with Gasteiger partial charge in [-0.25, -0.2) is 4.79 Å². The van der Waals surface area contributed by atoms with Gasteiger partial charge in [-0.15, -0.1) is 0 Å². The van der Waals surface area contributed by atoms with Crippen LogP contribution in [0.1, 0.15) is 52.9 Å². The molecule has 0 bridgehead atoms. The number of nitrogens with one attached hydrogen (secondary N) is 1. The molecule has 1 fully saturated rings. The van der Waals surface area contributed by atoms with Crippen molar-refractivity contribution in [3.63, 3.8) is 0 Å². The maximum atomic E-state index is 12.8. The van der Waals surface area contributed by atoms with Gasteiger partial charge in [0.05, 0.1) is 25.4 Å². The minimum atomic E-state index is -1.11. The fourth-order valence-corrected chi connectivity index (χ4v) is 4.36. The van der Waals surface area contributed by atoms with Crippen LogP contribution in [0.15, 0.2) is 51.4 Å². The van der Waals surface area contributed by atoms with Gasteiger partial charge in [0, 0.05) is 16.5 Å². The second kappa shape index (κ2) is 10.5. The van der Waals surface area contributed by atoms with Crippen molar-refractivity contribution in [2.45, 2.75) is 58.5 Å². The Labute approximate surface area is 237 Å². The van der Waals surface area contributed by atoms with Gasteiger partial charge in [0.2, 0.25) is 5.82 Å². The van der Waals surface area contributed by atoms with E-state index in [1.54, 1.807) is 45.0 Å². The van der Waals surface area contributed by atoms with Gasteiger partial charge < -0.3 is 33.2 Å². The summed E-state index contributed by atoms with van der Waals surface area (Å²) in [6, 6.07) is 14.6. The van der Waals surface area contributed by atoms with E-state index in [9.17, 15) is 10.1 Å². The maximum Gasteiger partial charge on any atom is 0.408 e. The van der Waals surface area contributed by atoms with Crippen molar-refractivity contribution in [1.29, 1.82) is 5.26 Å². The zero-order chi connectivity index (χ0) is 29.4. The molecular weight excluding hydrogens is 528 g/mol. The molecule has 0 saturated carbocycles. The van der Waals surface area contributed by atoms with Crippen LogP contribution in [0.4, 0.5) is 4.79 Å². The number of fused-ring (bicyclic) bond motifs is 1. The first kappa shape index (κ1) is 28.1. The molecule has 2 aromatic carbocycles. The van der Waals surface area contributed by atoms with Gasteiger partial charge in [0.25, 0.3) is 5.89 Å². The molecule has 1 aliphatic rings. The number of carbonyl (C=O) groups excluding carboxylic acids is 1. The number of nitriles is 1. The molecule has 2 aromatic heterocycles. The van der Waals surface area contributed by atoms with E-state index in [1.165, 1.54) is 0 Å². The third kappa shape index (κ3) is 6.04. The second-order valence-corrected chi connectivity index (χ2v) is 11.2. The lowest BCUT2D eigenvalue weighted by Crippen LogP contribution is -2.59. The zero-order valence-electron chi connectivity index (χ0n) is 23.9. The maximum absolute atomic E-state index is 12.8. The molecule has 0 unspecified atom stereocenters. The van der Waals surface area contributed by atoms with E-state index in [4.69, 9.17) is 27.9 Å². The molecule has 11 heteroatoms. The largest absolute Gasteiger partial charge is 0.492 e. The summed E-state index contributed by atoms with van der Waals surface area (Å²) >= 11 is 0. The van der Waals surface area contributed by atoms with Crippen LogP contribution in [0.25, 0.3) is 33.8 Å². The lowest BCUT2D eigenvalue weighted by Gasteiger charge is -2.42. The van der Waals surface area contributed by atoms with Crippen molar-refractivity contribution in [1.82, 2.24) is 15.5 Å². The lowest BCUT2D eigenvalue weighted by molar-refractivity contribution is -0.274. The Bertz CT molecular complexity index is 1610. The molecule has 11 nitrogen and oxygen atoms in total. The van der Waals surface area contributed by atoms with E-state index in [1.807, 2.05) is 39.0 Å². The topological polar surface area (TPSA) is 142 Å². The molecule has 0 aliphatic carbocycles. The summed E-state index contributed by atoms with van der Waals surface area (Å²) in [5.74, 6) is 0.775. The van der Waals surface area contributed by atoms with E-state index >= 15 is 0 Å². The number of ether oxygens (including phenoxy) is 4. The Kier molecular flexibility index (Phi) is 7.23. The van der Waals surface area contributed by atoms with E-state index in [0.717, 1.165) is 5.39 Å². The minimum Gasteiger partial charge on any atom is -0.492 e. The summed E-state index contributed by atoms with van der Waals surface area (Å²) in [6.07, 6.45) is -0.612. The zero-order valence-corrected chi connectivity index (χ0v) is 23.9. The average Bonchev–Trinajstić information content (AvgIpc) is 3.57. The van der Waals surface area contributed by atoms with Gasteiger partial charge in [0.15, 0.2) is 5.79 Å². The molecule has 214 valence electrons. The standard InChI is InChI=1S/C30H32N4O7/c1-7-36-22-10-9-19(13-21(22)15-31)26-32-25(34-41-26)18-8-11-23-20(12-18)14-24(39-23)30(16-37-29(5,6)38-17-30)33-27(35)40-28(2,3)4/h8-14H,7,16-17H2,1-6H3,(H,33,35). The molecule has 1 amide bonds. The van der Waals surface area contributed by atoms with Crippen molar-refractivity contribution in [2.75, 3.05) is 19.8 Å². The number of hydrogen-bond acceptors (Lipinski definition) is 10. The Morgan fingerprint density at radius 3 is 2.51 bits per heavy atom. The number of carbonyl (C=O) groups is 1. The second-order valence-electron chi connectivity index (χ2n) is 11.2. The number of alkyl carbamates (subject to hydrolysis) is 1. The average molecular weight is 561 g/mol. The SMILES string of the molecule is CCOc1ccc(-c2nc(-c3ccc4oc(C5(NC(=O)OC(C)(C)C)COC(C)(C)OC5)cc4c3)no2)cc1C#N. The smallest absolute Gasteiger partial charge is 0.408 e. The highest BCUT2D eigenvalue weighted by atomic mass is 16.7. The van der Waals surface area contributed by atoms with Crippen molar-refractivity contribution in [3.05, 3.63) is 53.8 Å². The van der Waals surface area contributed by atoms with Crippen molar-refractivity contribution in [3.8, 4) is 34.7 Å². The first-order chi connectivity index (χ1) is 19.4. The van der Waals surface area contributed by atoms with Gasteiger partial charge >= 0.3 is 6.09 Å². The van der Waals surface area contributed by atoms with Gasteiger partial charge in [-0.2, -0.15) is 10.2 Å². The molecule has 0 atom stereocenters. The lowest BCUT2D eigenvalue weighted by atomic mass is 9.96. The van der Waals surface area contributed by atoms with E-state index in [-0.39, 0.29) is 19.1 Å². The summed E-state index contributed by atoms with van der Waals surface area (Å²) in [5, 5.41) is 17.3. The molecule has 1 N–H and O–H groups in total. The Balaban J connectivity index is 1.44. The molecule has 5 rings (SSSR count). The van der Waals surface area contributed by atoms with Crippen LogP contribution in [-0.4, -0.2) is 47.4 Å². The fourth-order valence-electron chi connectivity index (χ4n) is 4.36. The molecule has 1 saturated heterocycles. The Morgan fingerprint density at radius 1 is 1.10 bits per heavy atom. The summed E-state index contributed by atoms with van der Waals surface area (Å²) in [4.78, 5) is 17.3. The quantitative estimate of drug-likeness (QED) is 0.302. The first-order valence-electron chi connectivity index (χ1n) is 13.2. The van der Waals surface area contributed by atoms with Crippen LogP contribution in [0.3, 0.4) is 0 Å². The van der Waals surface area contributed by atoms with E-state index in [0.29, 0.717) is 46.2 Å². The molecule has 4 aromatic rings. The Hall–Kier alpha value is -4.40. The highest BCUT2D eigenvalue weighted by Crippen LogP contribution is 2.36. The van der Waals surface area contributed by atoms with E-state index < -0.39 is 23.0 Å². The molecule has 1 aliphatic heterocycles. The number of furan rings is 1. The number of hydrogen-bond donors (Lipinski definition) is 1. The van der Waals surface area contributed by atoms with Crippen molar-refractivity contribution in [2.24, 2.45) is 0 Å². The summed E-state index contributed by atoms with van der Waals surface area (Å²) in [6.45, 7) is 11.5. The van der Waals surface area contributed by atoms with Crippen LogP contribution < -0.4 is 10.1 Å². The normalized spacial score (nSPS) is 16.2. The summed E-state index contributed by atoms with van der Waals surface area (Å²) in [5.41, 5.74) is 0.470. The van der Waals surface area contributed by atoms with Gasteiger partial charge in [0.1, 0.15) is 34.3 Å². The van der Waals surface area contributed by atoms with Crippen molar-refractivity contribution >= 4 is 17.1 Å². The summed E-state index contributed by atoms with van der Waals surface area (Å²) < 4.78 is 34.6. The number of nitrogens with zero attached hydrogens (tertiary/aromatic N) is 3. The van der Waals surface area contributed by atoms with Crippen molar-refractivity contribution < 1.29 is 32.7 Å². The third-order valence-electron chi connectivity index (χ3n) is 6.39. The van der Waals surface area contributed by atoms with Crippen LogP contribution in [0.2, 0.25) is 0 Å². The van der Waals surface area contributed by atoms with Crippen LogP contribution in [0, 0.1) is 11.3 Å². The van der Waals surface area contributed by atoms with Crippen LogP contribution in [0.5, 0.6) is 5.75 Å². The molecule has 0 radical (unpaired) electrons. The molecule has 41 heavy (non-hydrogen) atoms. The third-order valence-corrected chi connectivity index (χ3v) is 6.39. The molecular formula is C30H32N4O7. The number of benzene rings is 2. The molecule has 3 heterocycles. The number of amides is 1. The highest BCUT2D eigenvalue weighted by Gasteiger charge is 2.46. The Morgan fingerprint density at radius 2 is 1.83 bits per heavy atom. The number of rotatable bonds is 6. The van der Waals surface area contributed by atoms with E-state index in [2.05, 4.69) is 21.5 Å².